The monoisotopic (exact) mass is 312 g/mol. The Morgan fingerprint density at radius 1 is 1.48 bits per heavy atom. The number of rotatable bonds is 5. The summed E-state index contributed by atoms with van der Waals surface area (Å²) >= 11 is 0. The molecule has 0 saturated carbocycles. The first-order valence-corrected chi connectivity index (χ1v) is 7.75. The van der Waals surface area contributed by atoms with Crippen LogP contribution in [0.5, 0.6) is 0 Å². The van der Waals surface area contributed by atoms with Crippen molar-refractivity contribution in [3.63, 3.8) is 0 Å². The van der Waals surface area contributed by atoms with Crippen molar-refractivity contribution < 1.29 is 23.1 Å². The molecule has 2 heterocycles. The molecule has 0 aromatic carbocycles. The molecular formula is C13H16N2O5S. The molecule has 1 N–H and O–H groups in total. The van der Waals surface area contributed by atoms with E-state index in [4.69, 9.17) is 9.84 Å². The second-order valence-electron chi connectivity index (χ2n) is 4.60. The fourth-order valence-electron chi connectivity index (χ4n) is 2.02. The summed E-state index contributed by atoms with van der Waals surface area (Å²) in [4.78, 5) is 14.5. The first kappa shape index (κ1) is 15.6. The van der Waals surface area contributed by atoms with Crippen LogP contribution in [0.3, 0.4) is 0 Å². The number of pyridine rings is 1. The van der Waals surface area contributed by atoms with Crippen molar-refractivity contribution in [2.75, 3.05) is 26.8 Å². The Hall–Kier alpha value is -1.77. The zero-order chi connectivity index (χ0) is 15.5. The van der Waals surface area contributed by atoms with Crippen molar-refractivity contribution in [2.45, 2.75) is 11.4 Å². The molecule has 0 amide bonds. The summed E-state index contributed by atoms with van der Waals surface area (Å²) in [6.45, 7) is 1.13. The van der Waals surface area contributed by atoms with Crippen molar-refractivity contribution in [1.82, 2.24) is 9.29 Å². The van der Waals surface area contributed by atoms with Crippen LogP contribution in [-0.2, 0) is 14.8 Å². The third-order valence-electron chi connectivity index (χ3n) is 3.18. The van der Waals surface area contributed by atoms with Gasteiger partial charge in [0.15, 0.2) is 5.03 Å². The van der Waals surface area contributed by atoms with Gasteiger partial charge in [-0.25, -0.2) is 18.2 Å². The number of ether oxygens (including phenoxy) is 1. The van der Waals surface area contributed by atoms with E-state index >= 15 is 0 Å². The predicted octanol–water partition coefficient (Wildman–Crippen LogP) is 0.747. The largest absolute Gasteiger partial charge is 0.478 e. The predicted molar refractivity (Wildman–Crippen MR) is 74.5 cm³/mol. The molecule has 0 spiro atoms. The molecule has 21 heavy (non-hydrogen) atoms. The molecule has 1 aromatic heterocycles. The first-order valence-electron chi connectivity index (χ1n) is 6.31. The lowest BCUT2D eigenvalue weighted by Crippen LogP contribution is -2.35. The molecular weight excluding hydrogens is 296 g/mol. The van der Waals surface area contributed by atoms with Gasteiger partial charge in [-0.2, -0.15) is 4.31 Å². The molecule has 0 unspecified atom stereocenters. The second kappa shape index (κ2) is 6.33. The lowest BCUT2D eigenvalue weighted by molar-refractivity contribution is 0.0696. The minimum atomic E-state index is -3.70. The third kappa shape index (κ3) is 3.46. The average molecular weight is 312 g/mol. The van der Waals surface area contributed by atoms with Gasteiger partial charge in [0.2, 0.25) is 0 Å². The van der Waals surface area contributed by atoms with Crippen molar-refractivity contribution in [1.29, 1.82) is 0 Å². The maximum Gasteiger partial charge on any atom is 0.337 e. The second-order valence-corrected chi connectivity index (χ2v) is 6.48. The summed E-state index contributed by atoms with van der Waals surface area (Å²) in [7, 11) is -2.10. The van der Waals surface area contributed by atoms with E-state index in [0.29, 0.717) is 19.6 Å². The summed E-state index contributed by atoms with van der Waals surface area (Å²) in [5.41, 5.74) is 1.02. The Morgan fingerprint density at radius 3 is 2.71 bits per heavy atom. The van der Waals surface area contributed by atoms with Gasteiger partial charge in [0.1, 0.15) is 0 Å². The van der Waals surface area contributed by atoms with Crippen LogP contribution >= 0.6 is 0 Å². The van der Waals surface area contributed by atoms with E-state index in [1.54, 1.807) is 7.11 Å². The average Bonchev–Trinajstić information content (AvgIpc) is 2.48. The van der Waals surface area contributed by atoms with Crippen LogP contribution in [0.15, 0.2) is 35.0 Å². The van der Waals surface area contributed by atoms with E-state index in [9.17, 15) is 13.2 Å². The molecule has 0 radical (unpaired) electrons. The SMILES string of the molecule is COCC1=CCN(S(=O)(=O)c2ccc(C(=O)O)cn2)CC1. The summed E-state index contributed by atoms with van der Waals surface area (Å²) < 4.78 is 31.1. The first-order chi connectivity index (χ1) is 9.95. The van der Waals surface area contributed by atoms with Crippen LogP contribution in [0.1, 0.15) is 16.8 Å². The summed E-state index contributed by atoms with van der Waals surface area (Å²) in [6.07, 6.45) is 3.49. The lowest BCUT2D eigenvalue weighted by atomic mass is 10.1. The standard InChI is InChI=1S/C13H16N2O5S/c1-20-9-10-4-6-15(7-5-10)21(18,19)12-3-2-11(8-14-12)13(16)17/h2-4,8H,5-7,9H2,1H3,(H,16,17). The zero-order valence-electron chi connectivity index (χ0n) is 11.5. The molecule has 8 heteroatoms. The third-order valence-corrected chi connectivity index (χ3v) is 4.96. The molecule has 0 saturated heterocycles. The Morgan fingerprint density at radius 2 is 2.24 bits per heavy atom. The van der Waals surface area contributed by atoms with Crippen LogP contribution in [0, 0.1) is 0 Å². The summed E-state index contributed by atoms with van der Waals surface area (Å²) in [5, 5.41) is 8.64. The smallest absolute Gasteiger partial charge is 0.337 e. The van der Waals surface area contributed by atoms with Gasteiger partial charge in [-0.05, 0) is 24.1 Å². The topological polar surface area (TPSA) is 96.8 Å². The van der Waals surface area contributed by atoms with Crippen LogP contribution in [0.4, 0.5) is 0 Å². The Bertz CT molecular complexity index is 652. The van der Waals surface area contributed by atoms with E-state index in [1.165, 1.54) is 16.4 Å². The van der Waals surface area contributed by atoms with Gasteiger partial charge in [0.25, 0.3) is 10.0 Å². The maximum atomic E-state index is 12.4. The lowest BCUT2D eigenvalue weighted by Gasteiger charge is -2.25. The fourth-order valence-corrected chi connectivity index (χ4v) is 3.31. The number of aromatic nitrogens is 1. The highest BCUT2D eigenvalue weighted by Crippen LogP contribution is 2.19. The van der Waals surface area contributed by atoms with Crippen molar-refractivity contribution in [2.24, 2.45) is 0 Å². The van der Waals surface area contributed by atoms with Crippen LogP contribution in [-0.4, -0.2) is 55.6 Å². The van der Waals surface area contributed by atoms with Crippen LogP contribution in [0.25, 0.3) is 0 Å². The molecule has 0 aliphatic carbocycles. The highest BCUT2D eigenvalue weighted by atomic mass is 32.2. The van der Waals surface area contributed by atoms with E-state index in [0.717, 1.165) is 11.8 Å². The normalized spacial score (nSPS) is 16.5. The summed E-state index contributed by atoms with van der Waals surface area (Å²) in [6, 6.07) is 2.45. The Labute approximate surface area is 122 Å². The minimum Gasteiger partial charge on any atom is -0.478 e. The van der Waals surface area contributed by atoms with E-state index in [2.05, 4.69) is 4.98 Å². The number of carbonyl (C=O) groups is 1. The van der Waals surface area contributed by atoms with Gasteiger partial charge in [0, 0.05) is 26.4 Å². The molecule has 0 atom stereocenters. The van der Waals surface area contributed by atoms with Gasteiger partial charge in [-0.15, -0.1) is 0 Å². The quantitative estimate of drug-likeness (QED) is 0.806. The number of methoxy groups -OCH3 is 1. The van der Waals surface area contributed by atoms with E-state index in [-0.39, 0.29) is 17.1 Å². The van der Waals surface area contributed by atoms with E-state index < -0.39 is 16.0 Å². The van der Waals surface area contributed by atoms with Crippen LogP contribution < -0.4 is 0 Å². The Kier molecular flexibility index (Phi) is 4.71. The molecule has 7 nitrogen and oxygen atoms in total. The number of sulfonamides is 1. The van der Waals surface area contributed by atoms with Gasteiger partial charge < -0.3 is 9.84 Å². The van der Waals surface area contributed by atoms with Gasteiger partial charge in [0.05, 0.1) is 12.2 Å². The van der Waals surface area contributed by atoms with Crippen LogP contribution in [0.2, 0.25) is 0 Å². The molecule has 0 bridgehead atoms. The highest BCUT2D eigenvalue weighted by molar-refractivity contribution is 7.89. The number of carboxylic acids is 1. The van der Waals surface area contributed by atoms with Gasteiger partial charge in [-0.1, -0.05) is 6.08 Å². The Balaban J connectivity index is 2.17. The molecule has 114 valence electrons. The fraction of sp³-hybridized carbons (Fsp3) is 0.385. The molecule has 1 aliphatic rings. The molecule has 1 aromatic rings. The van der Waals surface area contributed by atoms with Crippen molar-refractivity contribution in [3.05, 3.63) is 35.5 Å². The maximum absolute atomic E-state index is 12.4. The molecule has 2 rings (SSSR count). The molecule has 1 aliphatic heterocycles. The number of aromatic carboxylic acids is 1. The highest BCUT2D eigenvalue weighted by Gasteiger charge is 2.27. The molecule has 0 fully saturated rings. The number of hydrogen-bond acceptors (Lipinski definition) is 5. The van der Waals surface area contributed by atoms with Gasteiger partial charge >= 0.3 is 5.97 Å². The number of carboxylic acid groups (broad SMARTS) is 1. The summed E-state index contributed by atoms with van der Waals surface area (Å²) in [5.74, 6) is -1.14. The minimum absolute atomic E-state index is 0.0464. The van der Waals surface area contributed by atoms with Gasteiger partial charge in [-0.3, -0.25) is 0 Å². The number of hydrogen-bond donors (Lipinski definition) is 1. The number of nitrogens with zero attached hydrogens (tertiary/aromatic N) is 2. The van der Waals surface area contributed by atoms with E-state index in [1.807, 2.05) is 6.08 Å². The van der Waals surface area contributed by atoms with Crippen molar-refractivity contribution in [3.8, 4) is 0 Å². The van der Waals surface area contributed by atoms with Crippen molar-refractivity contribution >= 4 is 16.0 Å². The zero-order valence-corrected chi connectivity index (χ0v) is 12.3.